The van der Waals surface area contributed by atoms with Gasteiger partial charge in [0.1, 0.15) is 5.75 Å². The highest BCUT2D eigenvalue weighted by Gasteiger charge is 2.37. The lowest BCUT2D eigenvalue weighted by Crippen LogP contribution is -2.49. The van der Waals surface area contributed by atoms with Crippen LogP contribution in [0.15, 0.2) is 24.3 Å². The molecule has 23 heavy (non-hydrogen) atoms. The molecule has 2 aliphatic heterocycles. The van der Waals surface area contributed by atoms with Crippen LogP contribution in [0.5, 0.6) is 5.75 Å². The molecule has 2 atom stereocenters. The number of piperazine rings is 1. The van der Waals surface area contributed by atoms with Crippen LogP contribution in [0.25, 0.3) is 0 Å². The van der Waals surface area contributed by atoms with E-state index < -0.39 is 0 Å². The molecule has 3 fully saturated rings. The molecule has 1 saturated carbocycles. The molecule has 2 heterocycles. The number of methoxy groups -OCH3 is 1. The molecule has 0 amide bonds. The van der Waals surface area contributed by atoms with Gasteiger partial charge in [-0.05, 0) is 42.9 Å². The Morgan fingerprint density at radius 2 is 1.91 bits per heavy atom. The zero-order valence-electron chi connectivity index (χ0n) is 14.1. The molecule has 4 nitrogen and oxygen atoms in total. The van der Waals surface area contributed by atoms with Crippen LogP contribution < -0.4 is 4.74 Å². The van der Waals surface area contributed by atoms with Crippen molar-refractivity contribution in [2.45, 2.75) is 38.0 Å². The number of rotatable bonds is 6. The predicted molar refractivity (Wildman–Crippen MR) is 90.7 cm³/mol. The van der Waals surface area contributed by atoms with Crippen LogP contribution in [-0.2, 0) is 11.3 Å². The van der Waals surface area contributed by atoms with Crippen molar-refractivity contribution >= 4 is 0 Å². The first-order valence-electron chi connectivity index (χ1n) is 9.01. The fourth-order valence-electron chi connectivity index (χ4n) is 3.87. The lowest BCUT2D eigenvalue weighted by molar-refractivity contribution is 0.0508. The summed E-state index contributed by atoms with van der Waals surface area (Å²) in [5, 5.41) is 0. The first-order valence-corrected chi connectivity index (χ1v) is 9.01. The Labute approximate surface area is 139 Å². The van der Waals surface area contributed by atoms with Crippen molar-refractivity contribution in [1.82, 2.24) is 9.80 Å². The van der Waals surface area contributed by atoms with Gasteiger partial charge < -0.3 is 9.47 Å². The maximum absolute atomic E-state index is 6.12. The summed E-state index contributed by atoms with van der Waals surface area (Å²) in [6.07, 6.45) is 4.46. The maximum atomic E-state index is 6.12. The summed E-state index contributed by atoms with van der Waals surface area (Å²) in [6, 6.07) is 9.17. The van der Waals surface area contributed by atoms with Crippen molar-refractivity contribution in [3.63, 3.8) is 0 Å². The van der Waals surface area contributed by atoms with Crippen molar-refractivity contribution in [1.29, 1.82) is 0 Å². The summed E-state index contributed by atoms with van der Waals surface area (Å²) in [4.78, 5) is 5.23. The van der Waals surface area contributed by atoms with Crippen LogP contribution in [0.1, 0.15) is 24.8 Å². The topological polar surface area (TPSA) is 24.9 Å². The van der Waals surface area contributed by atoms with Gasteiger partial charge in [0.05, 0.1) is 13.2 Å². The van der Waals surface area contributed by atoms with E-state index in [1.54, 1.807) is 7.11 Å². The summed E-state index contributed by atoms with van der Waals surface area (Å²) in [6.45, 7) is 6.72. The SMILES string of the molecule is COc1ccc(CN2CCN3C[C@@H](OCC4CC4)C[C@@H]3C2)cc1. The summed E-state index contributed by atoms with van der Waals surface area (Å²) < 4.78 is 11.4. The Balaban J connectivity index is 1.27. The van der Waals surface area contributed by atoms with E-state index in [0.717, 1.165) is 37.9 Å². The van der Waals surface area contributed by atoms with E-state index in [0.29, 0.717) is 12.1 Å². The summed E-state index contributed by atoms with van der Waals surface area (Å²) in [5.74, 6) is 1.81. The van der Waals surface area contributed by atoms with Crippen molar-refractivity contribution < 1.29 is 9.47 Å². The van der Waals surface area contributed by atoms with E-state index >= 15 is 0 Å². The van der Waals surface area contributed by atoms with Gasteiger partial charge in [0.25, 0.3) is 0 Å². The summed E-state index contributed by atoms with van der Waals surface area (Å²) >= 11 is 0. The average molecular weight is 316 g/mol. The van der Waals surface area contributed by atoms with E-state index in [9.17, 15) is 0 Å². The van der Waals surface area contributed by atoms with Crippen molar-refractivity contribution in [2.24, 2.45) is 5.92 Å². The first kappa shape index (κ1) is 15.4. The highest BCUT2D eigenvalue weighted by Crippen LogP contribution is 2.31. The Kier molecular flexibility index (Phi) is 4.56. The van der Waals surface area contributed by atoms with Gasteiger partial charge in [0.15, 0.2) is 0 Å². The zero-order valence-corrected chi connectivity index (χ0v) is 14.1. The molecule has 126 valence electrons. The highest BCUT2D eigenvalue weighted by molar-refractivity contribution is 5.27. The molecular weight excluding hydrogens is 288 g/mol. The van der Waals surface area contributed by atoms with Gasteiger partial charge in [-0.25, -0.2) is 0 Å². The highest BCUT2D eigenvalue weighted by atomic mass is 16.5. The van der Waals surface area contributed by atoms with Gasteiger partial charge in [-0.3, -0.25) is 9.80 Å². The molecule has 0 N–H and O–H groups in total. The van der Waals surface area contributed by atoms with Crippen molar-refractivity contribution in [3.8, 4) is 5.75 Å². The van der Waals surface area contributed by atoms with Crippen LogP contribution in [0, 0.1) is 5.92 Å². The monoisotopic (exact) mass is 316 g/mol. The van der Waals surface area contributed by atoms with E-state index in [-0.39, 0.29) is 0 Å². The third-order valence-corrected chi connectivity index (χ3v) is 5.49. The molecule has 1 aromatic rings. The van der Waals surface area contributed by atoms with Crippen LogP contribution in [0.4, 0.5) is 0 Å². The van der Waals surface area contributed by atoms with Crippen LogP contribution in [-0.4, -0.2) is 61.8 Å². The molecule has 1 aromatic carbocycles. The number of hydrogen-bond donors (Lipinski definition) is 0. The second-order valence-electron chi connectivity index (χ2n) is 7.37. The third-order valence-electron chi connectivity index (χ3n) is 5.49. The standard InChI is InChI=1S/C19H28N2O2/c1-22-18-6-4-15(5-7-18)11-20-8-9-21-13-19(10-17(21)12-20)23-14-16-2-3-16/h4-7,16-17,19H,2-3,8-14H2,1H3/t17-,19+/m1/s1. The van der Waals surface area contributed by atoms with Gasteiger partial charge in [0, 0.05) is 45.4 Å². The smallest absolute Gasteiger partial charge is 0.118 e. The number of nitrogens with zero attached hydrogens (tertiary/aromatic N) is 2. The molecule has 0 radical (unpaired) electrons. The number of benzene rings is 1. The lowest BCUT2D eigenvalue weighted by Gasteiger charge is -2.37. The van der Waals surface area contributed by atoms with Crippen LogP contribution >= 0.6 is 0 Å². The summed E-state index contributed by atoms with van der Waals surface area (Å²) in [7, 11) is 1.72. The van der Waals surface area contributed by atoms with E-state index in [1.807, 2.05) is 0 Å². The quantitative estimate of drug-likeness (QED) is 0.804. The minimum absolute atomic E-state index is 0.474. The molecule has 0 aromatic heterocycles. The van der Waals surface area contributed by atoms with Gasteiger partial charge in [-0.15, -0.1) is 0 Å². The fraction of sp³-hybridized carbons (Fsp3) is 0.684. The first-order chi connectivity index (χ1) is 11.3. The molecule has 0 bridgehead atoms. The minimum Gasteiger partial charge on any atom is -0.497 e. The van der Waals surface area contributed by atoms with Gasteiger partial charge in [-0.2, -0.15) is 0 Å². The van der Waals surface area contributed by atoms with E-state index in [4.69, 9.17) is 9.47 Å². The second kappa shape index (κ2) is 6.80. The molecule has 1 aliphatic carbocycles. The molecular formula is C19H28N2O2. The Bertz CT molecular complexity index is 515. The normalized spacial score (nSPS) is 28.7. The Morgan fingerprint density at radius 1 is 1.09 bits per heavy atom. The second-order valence-corrected chi connectivity index (χ2v) is 7.37. The fourth-order valence-corrected chi connectivity index (χ4v) is 3.87. The Morgan fingerprint density at radius 3 is 2.65 bits per heavy atom. The van der Waals surface area contributed by atoms with E-state index in [1.165, 1.54) is 37.9 Å². The summed E-state index contributed by atoms with van der Waals surface area (Å²) in [5.41, 5.74) is 1.37. The number of hydrogen-bond acceptors (Lipinski definition) is 4. The average Bonchev–Trinajstić information content (AvgIpc) is 3.32. The molecule has 4 rings (SSSR count). The number of fused-ring (bicyclic) bond motifs is 1. The molecule has 4 heteroatoms. The number of ether oxygens (including phenoxy) is 2. The largest absolute Gasteiger partial charge is 0.497 e. The molecule has 0 unspecified atom stereocenters. The molecule has 0 spiro atoms. The Hall–Kier alpha value is -1.10. The van der Waals surface area contributed by atoms with Crippen LogP contribution in [0.2, 0.25) is 0 Å². The molecule has 2 saturated heterocycles. The van der Waals surface area contributed by atoms with Crippen molar-refractivity contribution in [2.75, 3.05) is 39.9 Å². The lowest BCUT2D eigenvalue weighted by atomic mass is 10.1. The van der Waals surface area contributed by atoms with Gasteiger partial charge in [0.2, 0.25) is 0 Å². The van der Waals surface area contributed by atoms with Crippen LogP contribution in [0.3, 0.4) is 0 Å². The predicted octanol–water partition coefficient (Wildman–Crippen LogP) is 2.38. The minimum atomic E-state index is 0.474. The van der Waals surface area contributed by atoms with Crippen molar-refractivity contribution in [3.05, 3.63) is 29.8 Å². The van der Waals surface area contributed by atoms with Gasteiger partial charge >= 0.3 is 0 Å². The third kappa shape index (κ3) is 3.87. The van der Waals surface area contributed by atoms with Gasteiger partial charge in [-0.1, -0.05) is 12.1 Å². The maximum Gasteiger partial charge on any atom is 0.118 e. The zero-order chi connectivity index (χ0) is 15.6. The molecule has 3 aliphatic rings. The van der Waals surface area contributed by atoms with E-state index in [2.05, 4.69) is 34.1 Å².